The van der Waals surface area contributed by atoms with Gasteiger partial charge in [0.15, 0.2) is 0 Å². The Morgan fingerprint density at radius 3 is 2.94 bits per heavy atom. The van der Waals surface area contributed by atoms with Crippen LogP contribution in [0, 0.1) is 0 Å². The molecule has 0 saturated heterocycles. The lowest BCUT2D eigenvalue weighted by molar-refractivity contribution is 0.0509. The highest BCUT2D eigenvalue weighted by Gasteiger charge is 2.11. The second kappa shape index (κ2) is 6.35. The van der Waals surface area contributed by atoms with Crippen molar-refractivity contribution in [2.24, 2.45) is 0 Å². The summed E-state index contributed by atoms with van der Waals surface area (Å²) in [7, 11) is 0. The fourth-order valence-electron chi connectivity index (χ4n) is 1.17. The zero-order valence-corrected chi connectivity index (χ0v) is 9.88. The zero-order chi connectivity index (χ0) is 12.0. The minimum atomic E-state index is -0.428. The van der Waals surface area contributed by atoms with E-state index in [1.54, 1.807) is 12.1 Å². The number of anilines is 1. The van der Waals surface area contributed by atoms with Crippen LogP contribution in [0.15, 0.2) is 18.2 Å². The molecule has 0 bridgehead atoms. The molecule has 16 heavy (non-hydrogen) atoms. The van der Waals surface area contributed by atoms with Gasteiger partial charge in [0.1, 0.15) is 6.61 Å². The van der Waals surface area contributed by atoms with Crippen LogP contribution in [0.3, 0.4) is 0 Å². The van der Waals surface area contributed by atoms with Crippen LogP contribution in [0.5, 0.6) is 0 Å². The third kappa shape index (κ3) is 3.72. The van der Waals surface area contributed by atoms with Gasteiger partial charge in [0.05, 0.1) is 10.6 Å². The smallest absolute Gasteiger partial charge is 0.339 e. The van der Waals surface area contributed by atoms with E-state index in [1.165, 1.54) is 6.07 Å². The SMILES string of the molecule is CCNCCOC(=O)c1ccc(N)cc1Cl. The summed E-state index contributed by atoms with van der Waals surface area (Å²) in [6.45, 7) is 3.79. The second-order valence-electron chi connectivity index (χ2n) is 3.23. The Hall–Kier alpha value is -1.26. The summed E-state index contributed by atoms with van der Waals surface area (Å²) in [4.78, 5) is 11.6. The number of esters is 1. The predicted octanol–water partition coefficient (Wildman–Crippen LogP) is 1.69. The summed E-state index contributed by atoms with van der Waals surface area (Å²) < 4.78 is 5.02. The molecular weight excluding hydrogens is 228 g/mol. The number of nitrogen functional groups attached to an aromatic ring is 1. The lowest BCUT2D eigenvalue weighted by Crippen LogP contribution is -2.21. The van der Waals surface area contributed by atoms with E-state index in [2.05, 4.69) is 5.32 Å². The maximum Gasteiger partial charge on any atom is 0.339 e. The van der Waals surface area contributed by atoms with Crippen molar-refractivity contribution in [1.29, 1.82) is 0 Å². The van der Waals surface area contributed by atoms with Crippen LogP contribution in [-0.2, 0) is 4.74 Å². The Bertz CT molecular complexity index is 369. The predicted molar refractivity (Wildman–Crippen MR) is 64.7 cm³/mol. The fourth-order valence-corrected chi connectivity index (χ4v) is 1.43. The quantitative estimate of drug-likeness (QED) is 0.469. The first kappa shape index (κ1) is 12.8. The van der Waals surface area contributed by atoms with E-state index in [1.807, 2.05) is 6.92 Å². The first-order valence-corrected chi connectivity index (χ1v) is 5.45. The fraction of sp³-hybridized carbons (Fsp3) is 0.364. The van der Waals surface area contributed by atoms with Gasteiger partial charge < -0.3 is 15.8 Å². The normalized spacial score (nSPS) is 10.1. The van der Waals surface area contributed by atoms with Gasteiger partial charge in [-0.1, -0.05) is 18.5 Å². The van der Waals surface area contributed by atoms with Gasteiger partial charge in [-0.2, -0.15) is 0 Å². The molecule has 0 spiro atoms. The van der Waals surface area contributed by atoms with Crippen molar-refractivity contribution < 1.29 is 9.53 Å². The molecule has 0 saturated carbocycles. The van der Waals surface area contributed by atoms with Crippen LogP contribution in [-0.4, -0.2) is 25.7 Å². The van der Waals surface area contributed by atoms with E-state index >= 15 is 0 Å². The molecule has 0 heterocycles. The summed E-state index contributed by atoms with van der Waals surface area (Å²) in [5.41, 5.74) is 6.38. The van der Waals surface area contributed by atoms with Gasteiger partial charge in [-0.15, -0.1) is 0 Å². The molecule has 0 fully saturated rings. The molecule has 1 aromatic rings. The standard InChI is InChI=1S/C11H15ClN2O2/c1-2-14-5-6-16-11(15)9-4-3-8(13)7-10(9)12/h3-4,7,14H,2,5-6,13H2,1H3. The van der Waals surface area contributed by atoms with Gasteiger partial charge >= 0.3 is 5.97 Å². The Labute approximate surface area is 99.7 Å². The minimum absolute atomic E-state index is 0.313. The number of benzene rings is 1. The van der Waals surface area contributed by atoms with Crippen molar-refractivity contribution in [2.45, 2.75) is 6.92 Å². The number of hydrogen-bond donors (Lipinski definition) is 2. The summed E-state index contributed by atoms with van der Waals surface area (Å²) in [5, 5.41) is 3.36. The maximum atomic E-state index is 11.6. The second-order valence-corrected chi connectivity index (χ2v) is 3.64. The molecule has 4 nitrogen and oxygen atoms in total. The van der Waals surface area contributed by atoms with Gasteiger partial charge in [0, 0.05) is 12.2 Å². The lowest BCUT2D eigenvalue weighted by Gasteiger charge is -2.06. The Morgan fingerprint density at radius 1 is 1.56 bits per heavy atom. The van der Waals surface area contributed by atoms with Crippen molar-refractivity contribution in [3.05, 3.63) is 28.8 Å². The van der Waals surface area contributed by atoms with Crippen LogP contribution in [0.25, 0.3) is 0 Å². The van der Waals surface area contributed by atoms with E-state index < -0.39 is 5.97 Å². The molecule has 3 N–H and O–H groups in total. The van der Waals surface area contributed by atoms with Crippen molar-refractivity contribution in [1.82, 2.24) is 5.32 Å². The van der Waals surface area contributed by atoms with Crippen LogP contribution < -0.4 is 11.1 Å². The molecule has 0 atom stereocenters. The zero-order valence-electron chi connectivity index (χ0n) is 9.13. The Kier molecular flexibility index (Phi) is 5.08. The highest BCUT2D eigenvalue weighted by atomic mass is 35.5. The van der Waals surface area contributed by atoms with Crippen LogP contribution >= 0.6 is 11.6 Å². The molecule has 0 aliphatic carbocycles. The minimum Gasteiger partial charge on any atom is -0.461 e. The van der Waals surface area contributed by atoms with Gasteiger partial charge in [0.2, 0.25) is 0 Å². The maximum absolute atomic E-state index is 11.6. The number of rotatable bonds is 5. The summed E-state index contributed by atoms with van der Waals surface area (Å²) in [6.07, 6.45) is 0. The Morgan fingerprint density at radius 2 is 2.31 bits per heavy atom. The van der Waals surface area contributed by atoms with Gasteiger partial charge in [0.25, 0.3) is 0 Å². The number of nitrogens with two attached hydrogens (primary N) is 1. The average molecular weight is 243 g/mol. The number of ether oxygens (including phenoxy) is 1. The number of likely N-dealkylation sites (N-methyl/N-ethyl adjacent to an activating group) is 1. The van der Waals surface area contributed by atoms with E-state index in [4.69, 9.17) is 22.1 Å². The molecule has 0 aliphatic rings. The molecule has 88 valence electrons. The number of nitrogens with one attached hydrogen (secondary N) is 1. The van der Waals surface area contributed by atoms with E-state index in [0.29, 0.717) is 29.4 Å². The van der Waals surface area contributed by atoms with Gasteiger partial charge in [-0.3, -0.25) is 0 Å². The molecular formula is C11H15ClN2O2. The molecule has 0 amide bonds. The highest BCUT2D eigenvalue weighted by molar-refractivity contribution is 6.33. The monoisotopic (exact) mass is 242 g/mol. The third-order valence-electron chi connectivity index (χ3n) is 1.98. The first-order chi connectivity index (χ1) is 7.65. The van der Waals surface area contributed by atoms with Gasteiger partial charge in [-0.05, 0) is 24.7 Å². The lowest BCUT2D eigenvalue weighted by atomic mass is 10.2. The van der Waals surface area contributed by atoms with Crippen molar-refractivity contribution in [2.75, 3.05) is 25.4 Å². The largest absolute Gasteiger partial charge is 0.461 e. The summed E-state index contributed by atoms with van der Waals surface area (Å²) in [5.74, 6) is -0.428. The van der Waals surface area contributed by atoms with Crippen molar-refractivity contribution in [3.63, 3.8) is 0 Å². The first-order valence-electron chi connectivity index (χ1n) is 5.08. The summed E-state index contributed by atoms with van der Waals surface area (Å²) >= 11 is 5.87. The number of carbonyl (C=O) groups is 1. The number of halogens is 1. The average Bonchev–Trinajstić information content (AvgIpc) is 2.24. The topological polar surface area (TPSA) is 64.3 Å². The third-order valence-corrected chi connectivity index (χ3v) is 2.29. The number of hydrogen-bond acceptors (Lipinski definition) is 4. The van der Waals surface area contributed by atoms with E-state index in [0.717, 1.165) is 6.54 Å². The van der Waals surface area contributed by atoms with Crippen LogP contribution in [0.2, 0.25) is 5.02 Å². The molecule has 1 rings (SSSR count). The number of carbonyl (C=O) groups excluding carboxylic acids is 1. The molecule has 0 aliphatic heterocycles. The molecule has 0 aromatic heterocycles. The summed E-state index contributed by atoms with van der Waals surface area (Å²) in [6, 6.07) is 4.71. The van der Waals surface area contributed by atoms with Crippen LogP contribution in [0.4, 0.5) is 5.69 Å². The van der Waals surface area contributed by atoms with E-state index in [9.17, 15) is 4.79 Å². The highest BCUT2D eigenvalue weighted by Crippen LogP contribution is 2.19. The van der Waals surface area contributed by atoms with Crippen molar-refractivity contribution >= 4 is 23.3 Å². The molecule has 1 aromatic carbocycles. The molecule has 5 heteroatoms. The Balaban J connectivity index is 2.53. The van der Waals surface area contributed by atoms with E-state index in [-0.39, 0.29) is 0 Å². The molecule has 0 radical (unpaired) electrons. The van der Waals surface area contributed by atoms with Crippen LogP contribution in [0.1, 0.15) is 17.3 Å². The molecule has 0 unspecified atom stereocenters. The van der Waals surface area contributed by atoms with Gasteiger partial charge in [-0.25, -0.2) is 4.79 Å². The van der Waals surface area contributed by atoms with Crippen molar-refractivity contribution in [3.8, 4) is 0 Å².